The molecule has 5 heteroatoms. The maximum Gasteiger partial charge on any atom is 0.204 e. The fourth-order valence-electron chi connectivity index (χ4n) is 3.84. The van der Waals surface area contributed by atoms with Crippen LogP contribution in [-0.2, 0) is 11.2 Å². The summed E-state index contributed by atoms with van der Waals surface area (Å²) < 4.78 is 45.2. The van der Waals surface area contributed by atoms with Crippen molar-refractivity contribution in [2.75, 3.05) is 19.8 Å². The number of benzene rings is 2. The molecule has 0 amide bonds. The van der Waals surface area contributed by atoms with Crippen molar-refractivity contribution >= 4 is 0 Å². The van der Waals surface area contributed by atoms with Crippen molar-refractivity contribution in [1.29, 1.82) is 0 Å². The summed E-state index contributed by atoms with van der Waals surface area (Å²) in [5.74, 6) is -2.00. The molecule has 3 rings (SSSR count). The van der Waals surface area contributed by atoms with E-state index in [1.807, 2.05) is 6.92 Å². The van der Waals surface area contributed by atoms with Crippen LogP contribution in [-0.4, -0.2) is 19.8 Å². The van der Waals surface area contributed by atoms with E-state index in [0.29, 0.717) is 19.8 Å². The number of halogens is 2. The van der Waals surface area contributed by atoms with Gasteiger partial charge in [-0.3, -0.25) is 0 Å². The van der Waals surface area contributed by atoms with Gasteiger partial charge in [-0.1, -0.05) is 51.0 Å². The monoisotopic (exact) mass is 432 g/mol. The zero-order valence-electron chi connectivity index (χ0n) is 18.7. The molecule has 31 heavy (non-hydrogen) atoms. The number of hydrogen-bond acceptors (Lipinski definition) is 3. The maximum atomic E-state index is 14.2. The maximum absolute atomic E-state index is 14.2. The van der Waals surface area contributed by atoms with Gasteiger partial charge in [0.2, 0.25) is 11.6 Å². The highest BCUT2D eigenvalue weighted by Gasteiger charge is 2.24. The van der Waals surface area contributed by atoms with Crippen LogP contribution >= 0.6 is 0 Å². The molecular formula is C26H34F2O3. The third kappa shape index (κ3) is 6.67. The molecule has 2 aromatic carbocycles. The molecule has 0 aromatic heterocycles. The van der Waals surface area contributed by atoms with Crippen LogP contribution in [0.2, 0.25) is 0 Å². The van der Waals surface area contributed by atoms with Crippen LogP contribution in [0.15, 0.2) is 36.4 Å². The van der Waals surface area contributed by atoms with E-state index in [1.54, 1.807) is 0 Å². The van der Waals surface area contributed by atoms with E-state index in [4.69, 9.17) is 14.2 Å². The standard InChI is InChI=1S/C26H34F2O3/c1-3-5-6-7-19-8-11-21(12-9-19)22-13-10-20(17-30-22)18-31-24-15-14-23(29-16-4-2)25(27)26(24)28/h8-9,11-12,14-15,20,22H,3-7,10,13,16-18H2,1-2H3. The molecule has 0 saturated carbocycles. The molecule has 0 spiro atoms. The summed E-state index contributed by atoms with van der Waals surface area (Å²) in [4.78, 5) is 0. The fourth-order valence-corrected chi connectivity index (χ4v) is 3.84. The number of hydrogen-bond donors (Lipinski definition) is 0. The second-order valence-corrected chi connectivity index (χ2v) is 8.31. The van der Waals surface area contributed by atoms with E-state index >= 15 is 0 Å². The van der Waals surface area contributed by atoms with Crippen molar-refractivity contribution in [1.82, 2.24) is 0 Å². The van der Waals surface area contributed by atoms with Crippen LogP contribution < -0.4 is 9.47 Å². The first-order valence-corrected chi connectivity index (χ1v) is 11.6. The molecular weight excluding hydrogens is 398 g/mol. The quantitative estimate of drug-likeness (QED) is 0.357. The minimum atomic E-state index is -0.998. The van der Waals surface area contributed by atoms with Crippen LogP contribution in [0, 0.1) is 17.6 Å². The lowest BCUT2D eigenvalue weighted by molar-refractivity contribution is -0.0289. The Labute approximate surface area is 184 Å². The van der Waals surface area contributed by atoms with E-state index in [1.165, 1.54) is 42.5 Å². The summed E-state index contributed by atoms with van der Waals surface area (Å²) in [5.41, 5.74) is 2.58. The summed E-state index contributed by atoms with van der Waals surface area (Å²) in [7, 11) is 0. The van der Waals surface area contributed by atoms with E-state index in [2.05, 4.69) is 31.2 Å². The lowest BCUT2D eigenvalue weighted by Crippen LogP contribution is -2.25. The molecule has 1 heterocycles. The first-order chi connectivity index (χ1) is 15.1. The first kappa shape index (κ1) is 23.5. The number of rotatable bonds is 11. The molecule has 2 atom stereocenters. The summed E-state index contributed by atoms with van der Waals surface area (Å²) in [6.07, 6.45) is 7.49. The van der Waals surface area contributed by atoms with Crippen molar-refractivity contribution in [2.24, 2.45) is 5.92 Å². The van der Waals surface area contributed by atoms with Crippen molar-refractivity contribution in [3.8, 4) is 11.5 Å². The summed E-state index contributed by atoms with van der Waals surface area (Å²) >= 11 is 0. The zero-order valence-corrected chi connectivity index (χ0v) is 18.7. The van der Waals surface area contributed by atoms with Gasteiger partial charge in [0.05, 0.1) is 25.9 Å². The minimum absolute atomic E-state index is 0.0769. The predicted molar refractivity (Wildman–Crippen MR) is 119 cm³/mol. The molecule has 1 saturated heterocycles. The van der Waals surface area contributed by atoms with Crippen molar-refractivity contribution in [2.45, 2.75) is 64.9 Å². The topological polar surface area (TPSA) is 27.7 Å². The van der Waals surface area contributed by atoms with Crippen LogP contribution in [0.25, 0.3) is 0 Å². The van der Waals surface area contributed by atoms with Gasteiger partial charge in [0.1, 0.15) is 0 Å². The number of unbranched alkanes of at least 4 members (excludes halogenated alkanes) is 2. The molecule has 1 aliphatic rings. The normalized spacial score (nSPS) is 18.7. The van der Waals surface area contributed by atoms with Gasteiger partial charge in [-0.2, -0.15) is 8.78 Å². The van der Waals surface area contributed by atoms with Gasteiger partial charge in [0.25, 0.3) is 0 Å². The SMILES string of the molecule is CCCCCc1ccc(C2CCC(COc3ccc(OCCC)c(F)c3F)CO2)cc1. The van der Waals surface area contributed by atoms with E-state index in [-0.39, 0.29) is 23.5 Å². The Kier molecular flexibility index (Phi) is 9.13. The highest BCUT2D eigenvalue weighted by atomic mass is 19.2. The Balaban J connectivity index is 1.46. The Hall–Kier alpha value is -2.14. The van der Waals surface area contributed by atoms with Crippen LogP contribution in [0.5, 0.6) is 11.5 Å². The summed E-state index contributed by atoms with van der Waals surface area (Å²) in [5, 5.41) is 0. The number of ether oxygens (including phenoxy) is 3. The lowest BCUT2D eigenvalue weighted by Gasteiger charge is -2.29. The van der Waals surface area contributed by atoms with Crippen molar-refractivity contribution in [3.05, 3.63) is 59.2 Å². The molecule has 2 unspecified atom stereocenters. The van der Waals surface area contributed by atoms with Crippen LogP contribution in [0.3, 0.4) is 0 Å². The Morgan fingerprint density at radius 3 is 2.19 bits per heavy atom. The van der Waals surface area contributed by atoms with Gasteiger partial charge in [-0.15, -0.1) is 0 Å². The number of aryl methyl sites for hydroxylation is 1. The van der Waals surface area contributed by atoms with Gasteiger partial charge >= 0.3 is 0 Å². The molecule has 0 aliphatic carbocycles. The van der Waals surface area contributed by atoms with E-state index < -0.39 is 11.6 Å². The average Bonchev–Trinajstić information content (AvgIpc) is 2.80. The molecule has 0 bridgehead atoms. The highest BCUT2D eigenvalue weighted by molar-refractivity contribution is 5.35. The Bertz CT molecular complexity index is 799. The highest BCUT2D eigenvalue weighted by Crippen LogP contribution is 2.32. The molecule has 3 nitrogen and oxygen atoms in total. The van der Waals surface area contributed by atoms with Gasteiger partial charge in [-0.25, -0.2) is 0 Å². The third-order valence-corrected chi connectivity index (χ3v) is 5.74. The summed E-state index contributed by atoms with van der Waals surface area (Å²) in [6.45, 7) is 5.32. The van der Waals surface area contributed by atoms with Crippen LogP contribution in [0.1, 0.15) is 69.6 Å². The van der Waals surface area contributed by atoms with Crippen molar-refractivity contribution < 1.29 is 23.0 Å². The smallest absolute Gasteiger partial charge is 0.204 e. The molecule has 2 aromatic rings. The second kappa shape index (κ2) is 12.0. The van der Waals surface area contributed by atoms with Gasteiger partial charge in [-0.05, 0) is 55.4 Å². The van der Waals surface area contributed by atoms with Gasteiger partial charge in [0.15, 0.2) is 11.5 Å². The van der Waals surface area contributed by atoms with E-state index in [0.717, 1.165) is 25.7 Å². The molecule has 1 aliphatic heterocycles. The first-order valence-electron chi connectivity index (χ1n) is 11.6. The van der Waals surface area contributed by atoms with Gasteiger partial charge in [0, 0.05) is 5.92 Å². The molecule has 170 valence electrons. The Morgan fingerprint density at radius 1 is 0.871 bits per heavy atom. The fraction of sp³-hybridized carbons (Fsp3) is 0.538. The van der Waals surface area contributed by atoms with Crippen LogP contribution in [0.4, 0.5) is 8.78 Å². The second-order valence-electron chi connectivity index (χ2n) is 8.31. The van der Waals surface area contributed by atoms with E-state index in [9.17, 15) is 8.78 Å². The molecule has 0 radical (unpaired) electrons. The average molecular weight is 433 g/mol. The minimum Gasteiger partial charge on any atom is -0.490 e. The Morgan fingerprint density at radius 2 is 1.58 bits per heavy atom. The molecule has 0 N–H and O–H groups in total. The predicted octanol–water partition coefficient (Wildman–Crippen LogP) is 7.03. The zero-order chi connectivity index (χ0) is 22.1. The summed E-state index contributed by atoms with van der Waals surface area (Å²) in [6, 6.07) is 11.6. The van der Waals surface area contributed by atoms with Gasteiger partial charge < -0.3 is 14.2 Å². The largest absolute Gasteiger partial charge is 0.490 e. The lowest BCUT2D eigenvalue weighted by atomic mass is 9.94. The third-order valence-electron chi connectivity index (χ3n) is 5.74. The van der Waals surface area contributed by atoms with Crippen molar-refractivity contribution in [3.63, 3.8) is 0 Å². The molecule has 1 fully saturated rings.